The molecule has 2 heterocycles. The molecule has 2 fully saturated rings. The number of benzene rings is 1. The lowest BCUT2D eigenvalue weighted by Crippen LogP contribution is -2.55. The van der Waals surface area contributed by atoms with Gasteiger partial charge < -0.3 is 25.8 Å². The number of amides is 4. The zero-order chi connectivity index (χ0) is 31.8. The first kappa shape index (κ1) is 33.1. The van der Waals surface area contributed by atoms with E-state index >= 15 is 4.39 Å². The van der Waals surface area contributed by atoms with Gasteiger partial charge in [0.2, 0.25) is 17.7 Å². The Morgan fingerprint density at radius 2 is 1.70 bits per heavy atom. The van der Waals surface area contributed by atoms with Crippen LogP contribution in [0.2, 0.25) is 0 Å². The number of rotatable bonds is 11. The molecule has 1 aliphatic carbocycles. The lowest BCUT2D eigenvalue weighted by molar-refractivity contribution is -0.138. The molecule has 3 atom stereocenters. The van der Waals surface area contributed by atoms with E-state index in [1.54, 1.807) is 41.8 Å². The fraction of sp³-hybridized carbons (Fsp3) is 0.594. The molecule has 44 heavy (non-hydrogen) atoms. The summed E-state index contributed by atoms with van der Waals surface area (Å²) in [6.07, 6.45) is 6.34. The molecule has 2 aliphatic rings. The van der Waals surface area contributed by atoms with Crippen molar-refractivity contribution in [2.75, 3.05) is 38.5 Å². The summed E-state index contributed by atoms with van der Waals surface area (Å²) in [4.78, 5) is 56.5. The molecule has 2 aromatic rings. The number of carbonyl (C=O) groups is 4. The van der Waals surface area contributed by atoms with E-state index in [9.17, 15) is 19.2 Å². The maximum absolute atomic E-state index is 15.5. The van der Waals surface area contributed by atoms with Crippen molar-refractivity contribution in [3.05, 3.63) is 47.5 Å². The highest BCUT2D eigenvalue weighted by molar-refractivity contribution is 6.00. The van der Waals surface area contributed by atoms with Crippen molar-refractivity contribution in [1.29, 1.82) is 0 Å². The molecular weight excluding hydrogens is 565 g/mol. The Morgan fingerprint density at radius 3 is 2.34 bits per heavy atom. The third-order valence-corrected chi connectivity index (χ3v) is 8.93. The van der Waals surface area contributed by atoms with Gasteiger partial charge in [-0.1, -0.05) is 39.2 Å². The van der Waals surface area contributed by atoms with Gasteiger partial charge in [0.15, 0.2) is 0 Å². The summed E-state index contributed by atoms with van der Waals surface area (Å²) in [5.74, 6) is -2.58. The Hall–Kier alpha value is -3.80. The molecule has 3 N–H and O–H groups in total. The maximum atomic E-state index is 15.5. The van der Waals surface area contributed by atoms with Crippen LogP contribution in [0.4, 0.5) is 10.1 Å². The van der Waals surface area contributed by atoms with Crippen molar-refractivity contribution >= 4 is 29.3 Å². The van der Waals surface area contributed by atoms with Gasteiger partial charge in [0.1, 0.15) is 23.6 Å². The fourth-order valence-electron chi connectivity index (χ4n) is 6.08. The van der Waals surface area contributed by atoms with Crippen LogP contribution in [0.5, 0.6) is 0 Å². The summed E-state index contributed by atoms with van der Waals surface area (Å²) in [5.41, 5.74) is 0.870. The van der Waals surface area contributed by atoms with Crippen LogP contribution in [0.15, 0.2) is 30.5 Å². The van der Waals surface area contributed by atoms with Crippen molar-refractivity contribution in [3.8, 4) is 0 Å². The number of piperazine rings is 1. The topological polar surface area (TPSA) is 129 Å². The van der Waals surface area contributed by atoms with Crippen LogP contribution < -0.4 is 16.0 Å². The molecule has 1 aromatic heterocycles. The molecule has 0 unspecified atom stereocenters. The minimum atomic E-state index is -0.854. The van der Waals surface area contributed by atoms with Gasteiger partial charge >= 0.3 is 0 Å². The smallest absolute Gasteiger partial charge is 0.270 e. The Kier molecular flexibility index (Phi) is 11.5. The van der Waals surface area contributed by atoms with Crippen LogP contribution in [0.25, 0.3) is 0 Å². The lowest BCUT2D eigenvalue weighted by atomic mass is 9.83. The van der Waals surface area contributed by atoms with E-state index in [4.69, 9.17) is 0 Å². The van der Waals surface area contributed by atoms with Crippen molar-refractivity contribution in [1.82, 2.24) is 30.2 Å². The summed E-state index contributed by atoms with van der Waals surface area (Å²) >= 11 is 0. The predicted octanol–water partition coefficient (Wildman–Crippen LogP) is 3.13. The van der Waals surface area contributed by atoms with Gasteiger partial charge in [-0.15, -0.1) is 0 Å². The third kappa shape index (κ3) is 8.02. The number of likely N-dealkylation sites (N-methyl/N-ethyl adjacent to an activating group) is 1. The molecule has 1 saturated heterocycles. The highest BCUT2D eigenvalue weighted by Gasteiger charge is 2.34. The molecule has 0 radical (unpaired) electrons. The highest BCUT2D eigenvalue weighted by Crippen LogP contribution is 2.29. The Balaban J connectivity index is 1.51. The van der Waals surface area contributed by atoms with E-state index in [2.05, 4.69) is 25.9 Å². The van der Waals surface area contributed by atoms with Gasteiger partial charge in [-0.2, -0.15) is 5.10 Å². The van der Waals surface area contributed by atoms with Crippen LogP contribution in [0, 0.1) is 11.7 Å². The number of hydrogen-bond donors (Lipinski definition) is 3. The van der Waals surface area contributed by atoms with Crippen molar-refractivity contribution in [2.45, 2.75) is 83.8 Å². The molecule has 0 spiro atoms. The van der Waals surface area contributed by atoms with Crippen LogP contribution >= 0.6 is 0 Å². The molecule has 1 aliphatic heterocycles. The van der Waals surface area contributed by atoms with E-state index in [-0.39, 0.29) is 29.8 Å². The summed E-state index contributed by atoms with van der Waals surface area (Å²) < 4.78 is 17.1. The lowest BCUT2D eigenvalue weighted by Gasteiger charge is -2.36. The summed E-state index contributed by atoms with van der Waals surface area (Å²) in [6, 6.07) is 4.36. The van der Waals surface area contributed by atoms with Gasteiger partial charge in [0, 0.05) is 51.3 Å². The first-order valence-corrected chi connectivity index (χ1v) is 15.8. The van der Waals surface area contributed by atoms with Crippen LogP contribution in [0.3, 0.4) is 0 Å². The molecule has 4 amide bonds. The number of hydrogen-bond acceptors (Lipinski definition) is 6. The van der Waals surface area contributed by atoms with E-state index in [0.717, 1.165) is 45.2 Å². The Labute approximate surface area is 258 Å². The SMILES string of the molecule is CCC(=O)N[C@@H](C(=O)N1CCN(C)CC1)[C@@H](C)c1ccc(NC(=O)[C@@H](NC(=O)c2ccnn2CC)C2CCCCC2)c(F)c1. The molecule has 12 heteroatoms. The summed E-state index contributed by atoms with van der Waals surface area (Å²) in [6.45, 7) is 8.48. The highest BCUT2D eigenvalue weighted by atomic mass is 19.1. The van der Waals surface area contributed by atoms with Gasteiger partial charge in [-0.05, 0) is 56.5 Å². The van der Waals surface area contributed by atoms with E-state index in [1.165, 1.54) is 12.1 Å². The van der Waals surface area contributed by atoms with E-state index in [1.807, 2.05) is 14.0 Å². The number of halogens is 1. The normalized spacial score (nSPS) is 18.2. The number of nitrogens with one attached hydrogen (secondary N) is 3. The quantitative estimate of drug-likeness (QED) is 0.358. The summed E-state index contributed by atoms with van der Waals surface area (Å²) in [5, 5.41) is 12.6. The number of anilines is 1. The number of aryl methyl sites for hydroxylation is 1. The average molecular weight is 612 g/mol. The fourth-order valence-corrected chi connectivity index (χ4v) is 6.08. The standard InChI is InChI=1S/C32H46FN7O4/c1-5-27(41)36-28(32(44)39-18-16-38(4)17-19-39)21(3)23-12-13-25(24(33)20-23)35-31(43)29(22-10-8-7-9-11-22)37-30(42)26-14-15-34-40(26)6-2/h12-15,20-22,28-29H,5-11,16-19H2,1-4H3,(H,35,43)(H,36,41)(H,37,42)/t21-,28+,29-/m0/s1. The monoisotopic (exact) mass is 611 g/mol. The minimum Gasteiger partial charge on any atom is -0.344 e. The molecule has 11 nitrogen and oxygen atoms in total. The van der Waals surface area contributed by atoms with Gasteiger partial charge in [0.25, 0.3) is 5.91 Å². The van der Waals surface area contributed by atoms with Crippen LogP contribution in [0.1, 0.15) is 81.3 Å². The Morgan fingerprint density at radius 1 is 1.00 bits per heavy atom. The number of aromatic nitrogens is 2. The van der Waals surface area contributed by atoms with E-state index < -0.39 is 35.6 Å². The second-order valence-corrected chi connectivity index (χ2v) is 11.9. The average Bonchev–Trinajstić information content (AvgIpc) is 3.52. The third-order valence-electron chi connectivity index (χ3n) is 8.93. The van der Waals surface area contributed by atoms with Gasteiger partial charge in [0.05, 0.1) is 5.69 Å². The van der Waals surface area contributed by atoms with Crippen molar-refractivity contribution < 1.29 is 23.6 Å². The first-order chi connectivity index (χ1) is 21.1. The second kappa shape index (κ2) is 15.3. The van der Waals surface area contributed by atoms with Crippen LogP contribution in [-0.2, 0) is 20.9 Å². The molecule has 1 aromatic carbocycles. The number of carbonyl (C=O) groups excluding carboxylic acids is 4. The molecular formula is C32H46FN7O4. The first-order valence-electron chi connectivity index (χ1n) is 15.8. The van der Waals surface area contributed by atoms with E-state index in [0.29, 0.717) is 30.9 Å². The predicted molar refractivity (Wildman–Crippen MR) is 165 cm³/mol. The molecule has 0 bridgehead atoms. The molecule has 1 saturated carbocycles. The zero-order valence-electron chi connectivity index (χ0n) is 26.3. The minimum absolute atomic E-state index is 0.0147. The van der Waals surface area contributed by atoms with Gasteiger partial charge in [-0.3, -0.25) is 23.9 Å². The molecule has 240 valence electrons. The Bertz CT molecular complexity index is 1320. The maximum Gasteiger partial charge on any atom is 0.270 e. The number of nitrogens with zero attached hydrogens (tertiary/aromatic N) is 4. The van der Waals surface area contributed by atoms with Crippen LogP contribution in [-0.4, -0.2) is 88.5 Å². The van der Waals surface area contributed by atoms with Crippen molar-refractivity contribution in [3.63, 3.8) is 0 Å². The van der Waals surface area contributed by atoms with Crippen molar-refractivity contribution in [2.24, 2.45) is 5.92 Å². The zero-order valence-corrected chi connectivity index (χ0v) is 26.3. The molecule has 4 rings (SSSR count). The largest absolute Gasteiger partial charge is 0.344 e. The van der Waals surface area contributed by atoms with Gasteiger partial charge in [-0.25, -0.2) is 4.39 Å². The summed E-state index contributed by atoms with van der Waals surface area (Å²) in [7, 11) is 2.00. The second-order valence-electron chi connectivity index (χ2n) is 11.9.